The molecule has 1 unspecified atom stereocenters. The van der Waals surface area contributed by atoms with Gasteiger partial charge >= 0.3 is 0 Å². The van der Waals surface area contributed by atoms with Crippen LogP contribution < -0.4 is 0 Å². The van der Waals surface area contributed by atoms with E-state index in [0.29, 0.717) is 0 Å². The van der Waals surface area contributed by atoms with E-state index in [1.54, 1.807) is 35.2 Å². The number of nitrogens with zero attached hydrogens (tertiary/aromatic N) is 2. The number of aromatic nitrogens is 1. The van der Waals surface area contributed by atoms with Crippen molar-refractivity contribution in [2.75, 3.05) is 5.75 Å². The maximum atomic E-state index is 9.70. The lowest BCUT2D eigenvalue weighted by Gasteiger charge is -2.27. The maximum Gasteiger partial charge on any atom is 0.181 e. The van der Waals surface area contributed by atoms with Crippen molar-refractivity contribution in [3.63, 3.8) is 0 Å². The van der Waals surface area contributed by atoms with Crippen LogP contribution in [-0.2, 0) is 15.2 Å². The Kier molecular flexibility index (Phi) is 7.51. The molecule has 0 saturated carbocycles. The second-order valence-electron chi connectivity index (χ2n) is 7.43. The summed E-state index contributed by atoms with van der Waals surface area (Å²) in [4.78, 5) is 9.03. The van der Waals surface area contributed by atoms with Gasteiger partial charge in [0, 0.05) is 16.9 Å². The van der Waals surface area contributed by atoms with Crippen molar-refractivity contribution in [1.29, 1.82) is 0 Å². The number of thiazole rings is 1. The number of hydrogen-bond acceptors (Lipinski definition) is 7. The van der Waals surface area contributed by atoms with Gasteiger partial charge < -0.3 is 14.6 Å². The summed E-state index contributed by atoms with van der Waals surface area (Å²) in [6, 6.07) is 9.34. The van der Waals surface area contributed by atoms with Gasteiger partial charge in [0.05, 0.1) is 22.4 Å². The Labute approximate surface area is 180 Å². The lowest BCUT2D eigenvalue weighted by molar-refractivity contribution is -0.187. The first-order valence-electron chi connectivity index (χ1n) is 9.73. The minimum atomic E-state index is -0.396. The van der Waals surface area contributed by atoms with E-state index in [2.05, 4.69) is 11.7 Å². The first kappa shape index (κ1) is 22.0. The van der Waals surface area contributed by atoms with Crippen molar-refractivity contribution in [3.05, 3.63) is 35.3 Å². The van der Waals surface area contributed by atoms with Crippen molar-refractivity contribution in [3.8, 4) is 5.75 Å². The van der Waals surface area contributed by atoms with Crippen LogP contribution in [0.5, 0.6) is 5.75 Å². The molecular weight excluding hydrogens is 404 g/mol. The number of fused-ring (bicyclic) bond motifs is 3. The Morgan fingerprint density at radius 1 is 1.14 bits per heavy atom. The smallest absolute Gasteiger partial charge is 0.181 e. The highest BCUT2D eigenvalue weighted by Crippen LogP contribution is 2.33. The quantitative estimate of drug-likeness (QED) is 0.332. The number of hydrogen-bond donors (Lipinski definition) is 1. The van der Waals surface area contributed by atoms with Crippen molar-refractivity contribution >= 4 is 50.8 Å². The molecule has 0 spiro atoms. The van der Waals surface area contributed by atoms with Crippen molar-refractivity contribution < 1.29 is 14.6 Å². The van der Waals surface area contributed by atoms with Crippen molar-refractivity contribution in [2.45, 2.75) is 58.0 Å². The van der Waals surface area contributed by atoms with Crippen LogP contribution in [0.25, 0.3) is 21.0 Å². The monoisotopic (exact) mass is 432 g/mol. The van der Waals surface area contributed by atoms with Gasteiger partial charge in [-0.2, -0.15) is 11.8 Å². The molecule has 0 aliphatic heterocycles. The van der Waals surface area contributed by atoms with Crippen LogP contribution in [0.4, 0.5) is 0 Å². The van der Waals surface area contributed by atoms with E-state index < -0.39 is 6.29 Å². The van der Waals surface area contributed by atoms with E-state index in [1.807, 2.05) is 45.9 Å². The van der Waals surface area contributed by atoms with E-state index in [4.69, 9.17) is 14.5 Å². The summed E-state index contributed by atoms with van der Waals surface area (Å²) in [6.45, 7) is 11.7. The molecule has 0 saturated heterocycles. The summed E-state index contributed by atoms with van der Waals surface area (Å²) in [7, 11) is 0. The average molecular weight is 433 g/mol. The second kappa shape index (κ2) is 9.89. The summed E-state index contributed by atoms with van der Waals surface area (Å²) >= 11 is 3.46. The molecule has 2 aromatic carbocycles. The Morgan fingerprint density at radius 2 is 1.86 bits per heavy atom. The Hall–Kier alpha value is -1.67. The van der Waals surface area contributed by atoms with Crippen molar-refractivity contribution in [1.82, 2.24) is 4.98 Å². The topological polar surface area (TPSA) is 63.9 Å². The van der Waals surface area contributed by atoms with Gasteiger partial charge in [-0.1, -0.05) is 6.07 Å². The lowest BCUT2D eigenvalue weighted by atomic mass is 10.1. The number of ether oxygens (including phenoxy) is 2. The zero-order chi connectivity index (χ0) is 21.0. The van der Waals surface area contributed by atoms with Gasteiger partial charge in [0.1, 0.15) is 16.8 Å². The molecule has 1 N–H and O–H groups in total. The SMILES string of the molecule is C=NC(CSCc1nc2ccc3cc(O)ccc3c2s1)C(OC(C)C)OC(C)C. The summed E-state index contributed by atoms with van der Waals surface area (Å²) in [5.41, 5.74) is 0.992. The van der Waals surface area contributed by atoms with E-state index in [-0.39, 0.29) is 24.0 Å². The van der Waals surface area contributed by atoms with Crippen LogP contribution >= 0.6 is 23.1 Å². The highest BCUT2D eigenvalue weighted by atomic mass is 32.2. The first-order chi connectivity index (χ1) is 13.9. The molecule has 1 heterocycles. The van der Waals surface area contributed by atoms with Gasteiger partial charge in [-0.3, -0.25) is 4.99 Å². The lowest BCUT2D eigenvalue weighted by Crippen LogP contribution is -2.36. The highest BCUT2D eigenvalue weighted by Gasteiger charge is 2.24. The molecule has 29 heavy (non-hydrogen) atoms. The van der Waals surface area contributed by atoms with Crippen LogP contribution in [0, 0.1) is 0 Å². The van der Waals surface area contributed by atoms with Gasteiger partial charge in [-0.25, -0.2) is 4.98 Å². The molecular formula is C22H28N2O3S2. The number of benzene rings is 2. The van der Waals surface area contributed by atoms with Crippen LogP contribution in [0.15, 0.2) is 35.3 Å². The van der Waals surface area contributed by atoms with E-state index in [0.717, 1.165) is 37.5 Å². The number of rotatable bonds is 10. The molecule has 0 aliphatic carbocycles. The fraction of sp³-hybridized carbons (Fsp3) is 0.455. The zero-order valence-electron chi connectivity index (χ0n) is 17.3. The normalized spacial score (nSPS) is 13.2. The van der Waals surface area contributed by atoms with Gasteiger partial charge in [0.15, 0.2) is 6.29 Å². The molecule has 1 aromatic heterocycles. The maximum absolute atomic E-state index is 9.70. The van der Waals surface area contributed by atoms with Crippen molar-refractivity contribution in [2.24, 2.45) is 4.99 Å². The van der Waals surface area contributed by atoms with Crippen LogP contribution in [-0.4, -0.2) is 47.1 Å². The third-order valence-corrected chi connectivity index (χ3v) is 6.62. The Balaban J connectivity index is 1.69. The van der Waals surface area contributed by atoms with Gasteiger partial charge in [0.25, 0.3) is 0 Å². The number of phenols is 1. The Bertz CT molecular complexity index is 961. The first-order valence-corrected chi connectivity index (χ1v) is 11.7. The fourth-order valence-electron chi connectivity index (χ4n) is 3.04. The van der Waals surface area contributed by atoms with Gasteiger partial charge in [-0.15, -0.1) is 11.3 Å². The largest absolute Gasteiger partial charge is 0.508 e. The number of phenolic OH excluding ortho intramolecular Hbond substituents is 1. The minimum Gasteiger partial charge on any atom is -0.508 e. The number of thioether (sulfide) groups is 1. The predicted octanol–water partition coefficient (Wildman–Crippen LogP) is 5.63. The molecule has 3 rings (SSSR count). The molecule has 1 atom stereocenters. The van der Waals surface area contributed by atoms with Crippen LogP contribution in [0.3, 0.4) is 0 Å². The second-order valence-corrected chi connectivity index (χ2v) is 9.54. The molecule has 0 aliphatic rings. The minimum absolute atomic E-state index is 0.0602. The summed E-state index contributed by atoms with van der Waals surface area (Å²) < 4.78 is 13.0. The standard InChI is InChI=1S/C22H28N2O3S2/c1-13(2)26-22(27-14(3)4)19(23-5)11-28-12-20-24-18-9-6-15-10-16(25)7-8-17(15)21(18)29-20/h6-10,13-14,19,22,25H,5,11-12H2,1-4H3. The van der Waals surface area contributed by atoms with Crippen LogP contribution in [0.2, 0.25) is 0 Å². The third kappa shape index (κ3) is 5.69. The van der Waals surface area contributed by atoms with E-state index in [9.17, 15) is 5.11 Å². The molecule has 7 heteroatoms. The van der Waals surface area contributed by atoms with E-state index >= 15 is 0 Å². The fourth-order valence-corrected chi connectivity index (χ4v) is 5.28. The average Bonchev–Trinajstić information content (AvgIpc) is 3.07. The third-order valence-electron chi connectivity index (χ3n) is 4.27. The summed E-state index contributed by atoms with van der Waals surface area (Å²) in [5, 5.41) is 12.9. The van der Waals surface area contributed by atoms with Crippen LogP contribution in [0.1, 0.15) is 32.7 Å². The number of aliphatic imine (C=N–C) groups is 1. The van der Waals surface area contributed by atoms with E-state index in [1.165, 1.54) is 0 Å². The molecule has 0 radical (unpaired) electrons. The molecule has 5 nitrogen and oxygen atoms in total. The summed E-state index contributed by atoms with van der Waals surface area (Å²) in [5.74, 6) is 1.82. The van der Waals surface area contributed by atoms with Gasteiger partial charge in [0.2, 0.25) is 0 Å². The number of aromatic hydroxyl groups is 1. The molecule has 0 bridgehead atoms. The molecule has 0 amide bonds. The zero-order valence-corrected chi connectivity index (χ0v) is 18.9. The predicted molar refractivity (Wildman–Crippen MR) is 125 cm³/mol. The molecule has 156 valence electrons. The molecule has 3 aromatic rings. The molecule has 0 fully saturated rings. The van der Waals surface area contributed by atoms with Gasteiger partial charge in [-0.05, 0) is 64.1 Å². The Morgan fingerprint density at radius 3 is 2.52 bits per heavy atom. The highest BCUT2D eigenvalue weighted by molar-refractivity contribution is 7.98. The summed E-state index contributed by atoms with van der Waals surface area (Å²) in [6.07, 6.45) is -0.276.